The van der Waals surface area contributed by atoms with Gasteiger partial charge in [-0.3, -0.25) is 0 Å². The number of phenols is 1. The molecule has 0 unspecified atom stereocenters. The summed E-state index contributed by atoms with van der Waals surface area (Å²) in [7, 11) is 0. The summed E-state index contributed by atoms with van der Waals surface area (Å²) in [6.07, 6.45) is 1.91. The van der Waals surface area contributed by atoms with Crippen molar-refractivity contribution in [2.45, 2.75) is 20.8 Å². The topological polar surface area (TPSA) is 50.9 Å². The average molecular weight is 716 g/mol. The van der Waals surface area contributed by atoms with E-state index in [1.165, 1.54) is 43.3 Å². The van der Waals surface area contributed by atoms with E-state index in [1.54, 1.807) is 42.5 Å². The quantitative estimate of drug-likeness (QED) is 0.144. The summed E-state index contributed by atoms with van der Waals surface area (Å²) in [6, 6.07) is 34.5. The molecule has 5 aromatic carbocycles. The number of aromatic hydroxyl groups is 1. The molecule has 0 fully saturated rings. The zero-order valence-corrected chi connectivity index (χ0v) is 25.3. The molecule has 0 amide bonds. The van der Waals surface area contributed by atoms with Crippen LogP contribution in [0.2, 0.25) is 0 Å². The van der Waals surface area contributed by atoms with E-state index in [9.17, 15) is 5.11 Å². The first-order valence-corrected chi connectivity index (χ1v) is 13.2. The fourth-order valence-corrected chi connectivity index (χ4v) is 5.22. The molecule has 0 atom stereocenters. The van der Waals surface area contributed by atoms with Gasteiger partial charge >= 0.3 is 0 Å². The Morgan fingerprint density at radius 2 is 1.56 bits per heavy atom. The van der Waals surface area contributed by atoms with Crippen molar-refractivity contribution in [3.05, 3.63) is 126 Å². The average Bonchev–Trinajstić information content (AvgIpc) is 3.37. The van der Waals surface area contributed by atoms with E-state index < -0.39 is 6.98 Å². The van der Waals surface area contributed by atoms with E-state index in [2.05, 4.69) is 85.3 Å². The SMILES string of the molecule is Cc1[c-]c(-c2nccc3c2ccc2cc(C)ccc23)cc(C)c1.[2H]C([2H])([2H])n1c(-c2ccccc2O)nc2ccccc21.[Ir]. The van der Waals surface area contributed by atoms with E-state index >= 15 is 0 Å². The molecule has 7 rings (SSSR count). The van der Waals surface area contributed by atoms with Gasteiger partial charge in [-0.2, -0.15) is 0 Å². The predicted octanol–water partition coefficient (Wildman–Crippen LogP) is 8.72. The van der Waals surface area contributed by atoms with Gasteiger partial charge in [0.05, 0.1) is 16.6 Å². The molecule has 2 heterocycles. The zero-order valence-electron chi connectivity index (χ0n) is 25.9. The van der Waals surface area contributed by atoms with E-state index in [0.717, 1.165) is 16.8 Å². The first kappa shape index (κ1) is 24.5. The Morgan fingerprint density at radius 3 is 2.37 bits per heavy atom. The van der Waals surface area contributed by atoms with Gasteiger partial charge in [0.2, 0.25) is 0 Å². The number of para-hydroxylation sites is 3. The molecule has 4 nitrogen and oxygen atoms in total. The monoisotopic (exact) mass is 716 g/mol. The zero-order chi connectivity index (χ0) is 30.3. The van der Waals surface area contributed by atoms with Crippen molar-refractivity contribution in [2.75, 3.05) is 0 Å². The van der Waals surface area contributed by atoms with Crippen molar-refractivity contribution < 1.29 is 29.3 Å². The number of hydrogen-bond acceptors (Lipinski definition) is 3. The number of phenolic OH excluding ortho intramolecular Hbond substituents is 1. The van der Waals surface area contributed by atoms with Crippen LogP contribution in [-0.2, 0) is 27.1 Å². The summed E-state index contributed by atoms with van der Waals surface area (Å²) >= 11 is 0. The van der Waals surface area contributed by atoms with Crippen molar-refractivity contribution in [2.24, 2.45) is 6.98 Å². The smallest absolute Gasteiger partial charge is 0.144 e. The molecule has 0 aliphatic heterocycles. The van der Waals surface area contributed by atoms with Crippen LogP contribution in [0.3, 0.4) is 0 Å². The van der Waals surface area contributed by atoms with Crippen LogP contribution in [0.15, 0.2) is 103 Å². The minimum Gasteiger partial charge on any atom is -0.507 e. The Bertz CT molecular complexity index is 2120. The van der Waals surface area contributed by atoms with Crippen molar-refractivity contribution in [1.29, 1.82) is 0 Å². The van der Waals surface area contributed by atoms with E-state index in [4.69, 9.17) is 4.11 Å². The van der Waals surface area contributed by atoms with Crippen LogP contribution in [0.25, 0.3) is 55.2 Å². The first-order valence-electron chi connectivity index (χ1n) is 14.7. The van der Waals surface area contributed by atoms with Crippen LogP contribution in [0.4, 0.5) is 0 Å². The Labute approximate surface area is 257 Å². The van der Waals surface area contributed by atoms with Crippen molar-refractivity contribution in [3.8, 4) is 28.4 Å². The molecule has 1 N–H and O–H groups in total. The molecule has 0 saturated carbocycles. The van der Waals surface area contributed by atoms with Gasteiger partial charge in [-0.15, -0.1) is 34.9 Å². The van der Waals surface area contributed by atoms with Crippen LogP contribution in [0.1, 0.15) is 20.8 Å². The Kier molecular flexibility index (Phi) is 6.96. The summed E-state index contributed by atoms with van der Waals surface area (Å²) in [6.45, 7) is 3.97. The van der Waals surface area contributed by atoms with Gasteiger partial charge in [-0.25, -0.2) is 4.98 Å². The number of hydrogen-bond donors (Lipinski definition) is 1. The number of imidazole rings is 1. The van der Waals surface area contributed by atoms with Crippen LogP contribution in [0.5, 0.6) is 5.75 Å². The maximum absolute atomic E-state index is 9.94. The Morgan fingerprint density at radius 1 is 0.780 bits per heavy atom. The molecule has 1 radical (unpaired) electrons. The summed E-state index contributed by atoms with van der Waals surface area (Å²) in [5, 5.41) is 14.9. The van der Waals surface area contributed by atoms with Gasteiger partial charge in [0.25, 0.3) is 0 Å². The van der Waals surface area contributed by atoms with Crippen molar-refractivity contribution >= 4 is 32.6 Å². The fraction of sp³-hybridized carbons (Fsp3) is 0.111. The largest absolute Gasteiger partial charge is 0.507 e. The number of pyridine rings is 1. The second kappa shape index (κ2) is 11.7. The van der Waals surface area contributed by atoms with Crippen LogP contribution in [0, 0.1) is 26.8 Å². The van der Waals surface area contributed by atoms with Crippen LogP contribution >= 0.6 is 0 Å². The third-order valence-electron chi connectivity index (χ3n) is 7.03. The standard InChI is InChI=1S/C22H18N.C14H12N2O.Ir/c1-14-4-6-19-17(11-14)5-7-21-20(19)8-9-23-22(21)18-12-15(2)10-16(3)13-18;1-16-12-8-4-3-7-11(12)15-14(16)10-6-2-5-9-13(10)17;/h4-12H,1-3H3;2-9,17H,1H3;/q-1;;/i;1D3;. The predicted molar refractivity (Wildman–Crippen MR) is 166 cm³/mol. The van der Waals surface area contributed by atoms with Crippen molar-refractivity contribution in [3.63, 3.8) is 0 Å². The molecular formula is C36H30IrN3O-. The summed E-state index contributed by atoms with van der Waals surface area (Å²) in [5.41, 5.74) is 7.26. The normalized spacial score (nSPS) is 12.2. The summed E-state index contributed by atoms with van der Waals surface area (Å²) in [4.78, 5) is 9.01. The number of nitrogens with zero attached hydrogens (tertiary/aromatic N) is 3. The van der Waals surface area contributed by atoms with Crippen LogP contribution < -0.4 is 0 Å². The first-order chi connectivity index (χ1) is 20.6. The molecule has 0 aliphatic carbocycles. The second-order valence-corrected chi connectivity index (χ2v) is 10.1. The van der Waals surface area contributed by atoms with Gasteiger partial charge in [0.1, 0.15) is 11.6 Å². The number of fused-ring (bicyclic) bond motifs is 4. The minimum absolute atomic E-state index is 0. The molecule has 2 aromatic heterocycles. The summed E-state index contributed by atoms with van der Waals surface area (Å²) in [5.74, 6) is 0.248. The minimum atomic E-state index is -2.37. The van der Waals surface area contributed by atoms with Crippen molar-refractivity contribution in [1.82, 2.24) is 14.5 Å². The molecule has 0 spiro atoms. The van der Waals surface area contributed by atoms with E-state index in [-0.39, 0.29) is 31.7 Å². The van der Waals surface area contributed by atoms with E-state index in [1.807, 2.05) is 6.20 Å². The number of benzene rings is 5. The molecule has 41 heavy (non-hydrogen) atoms. The Balaban J connectivity index is 0.000000172. The molecule has 205 valence electrons. The molecule has 0 saturated heterocycles. The fourth-order valence-electron chi connectivity index (χ4n) is 5.22. The van der Waals surface area contributed by atoms with E-state index in [0.29, 0.717) is 16.6 Å². The number of aromatic nitrogens is 3. The maximum atomic E-state index is 9.94. The maximum Gasteiger partial charge on any atom is 0.144 e. The summed E-state index contributed by atoms with van der Waals surface area (Å²) < 4.78 is 24.3. The van der Waals surface area contributed by atoms with Gasteiger partial charge in [0, 0.05) is 37.4 Å². The Hall–Kier alpha value is -4.31. The van der Waals surface area contributed by atoms with Gasteiger partial charge in [-0.05, 0) is 64.5 Å². The molecule has 0 bridgehead atoms. The van der Waals surface area contributed by atoms with Gasteiger partial charge < -0.3 is 14.7 Å². The van der Waals surface area contributed by atoms with Gasteiger partial charge in [-0.1, -0.05) is 74.0 Å². The number of rotatable bonds is 2. The molecule has 0 aliphatic rings. The number of aryl methyl sites for hydroxylation is 4. The molecular weight excluding hydrogens is 683 g/mol. The van der Waals surface area contributed by atoms with Crippen LogP contribution in [-0.4, -0.2) is 19.6 Å². The molecule has 7 aromatic rings. The molecule has 5 heteroatoms. The second-order valence-electron chi connectivity index (χ2n) is 10.1. The third-order valence-corrected chi connectivity index (χ3v) is 7.03. The van der Waals surface area contributed by atoms with Gasteiger partial charge in [0.15, 0.2) is 0 Å². The third kappa shape index (κ3) is 5.52.